The summed E-state index contributed by atoms with van der Waals surface area (Å²) < 4.78 is 0. The molecule has 3 rings (SSSR count). The maximum absolute atomic E-state index is 12.7. The van der Waals surface area contributed by atoms with Gasteiger partial charge < -0.3 is 15.1 Å². The van der Waals surface area contributed by atoms with Gasteiger partial charge in [-0.25, -0.2) is 9.97 Å². The summed E-state index contributed by atoms with van der Waals surface area (Å²) in [5, 5.41) is 3.32. The molecule has 7 nitrogen and oxygen atoms in total. The molecule has 2 saturated heterocycles. The van der Waals surface area contributed by atoms with Gasteiger partial charge in [0.2, 0.25) is 11.9 Å². The van der Waals surface area contributed by atoms with Crippen molar-refractivity contribution in [2.24, 2.45) is 0 Å². The highest BCUT2D eigenvalue weighted by atomic mass is 16.2. The first-order chi connectivity index (χ1) is 10.8. The molecule has 0 aliphatic carbocycles. The van der Waals surface area contributed by atoms with Crippen LogP contribution in [0.4, 0.5) is 5.95 Å². The van der Waals surface area contributed by atoms with Gasteiger partial charge in [-0.2, -0.15) is 0 Å². The lowest BCUT2D eigenvalue weighted by molar-refractivity contribution is -0.137. The van der Waals surface area contributed by atoms with Gasteiger partial charge in [-0.1, -0.05) is 0 Å². The molecule has 1 unspecified atom stereocenters. The largest absolute Gasteiger partial charge is 0.338 e. The van der Waals surface area contributed by atoms with Crippen molar-refractivity contribution in [3.63, 3.8) is 0 Å². The number of nitrogens with one attached hydrogen (secondary N) is 1. The fourth-order valence-electron chi connectivity index (χ4n) is 3.07. The Bertz CT molecular complexity index is 482. The Labute approximate surface area is 131 Å². The van der Waals surface area contributed by atoms with Gasteiger partial charge in [0.25, 0.3) is 0 Å². The van der Waals surface area contributed by atoms with Crippen LogP contribution in [-0.4, -0.2) is 84.1 Å². The zero-order chi connectivity index (χ0) is 15.4. The van der Waals surface area contributed by atoms with Crippen molar-refractivity contribution in [2.75, 3.05) is 57.3 Å². The first kappa shape index (κ1) is 15.2. The highest BCUT2D eigenvalue weighted by Gasteiger charge is 2.29. The summed E-state index contributed by atoms with van der Waals surface area (Å²) in [5.74, 6) is 1.00. The third-order valence-corrected chi connectivity index (χ3v) is 4.48. The number of nitrogens with zero attached hydrogens (tertiary/aromatic N) is 5. The van der Waals surface area contributed by atoms with E-state index in [1.807, 2.05) is 17.9 Å². The van der Waals surface area contributed by atoms with E-state index in [4.69, 9.17) is 0 Å². The van der Waals surface area contributed by atoms with Crippen molar-refractivity contribution in [3.05, 3.63) is 18.5 Å². The van der Waals surface area contributed by atoms with Crippen LogP contribution in [0.15, 0.2) is 18.5 Å². The van der Waals surface area contributed by atoms with Gasteiger partial charge in [0, 0.05) is 64.8 Å². The fourth-order valence-corrected chi connectivity index (χ4v) is 3.07. The molecule has 1 aromatic heterocycles. The monoisotopic (exact) mass is 304 g/mol. The van der Waals surface area contributed by atoms with Gasteiger partial charge >= 0.3 is 0 Å². The van der Waals surface area contributed by atoms with Crippen LogP contribution in [0, 0.1) is 0 Å². The van der Waals surface area contributed by atoms with E-state index in [1.165, 1.54) is 0 Å². The van der Waals surface area contributed by atoms with E-state index in [-0.39, 0.29) is 11.9 Å². The molecule has 1 N–H and O–H groups in total. The topological polar surface area (TPSA) is 64.6 Å². The van der Waals surface area contributed by atoms with Gasteiger partial charge in [-0.05, 0) is 13.0 Å². The minimum Gasteiger partial charge on any atom is -0.338 e. The number of rotatable bonds is 3. The predicted octanol–water partition coefficient (Wildman–Crippen LogP) is -0.581. The number of carbonyl (C=O) groups is 1. The van der Waals surface area contributed by atoms with Crippen molar-refractivity contribution in [2.45, 2.75) is 13.0 Å². The van der Waals surface area contributed by atoms with Crippen molar-refractivity contribution < 1.29 is 4.79 Å². The molecule has 0 aromatic carbocycles. The Morgan fingerprint density at radius 2 is 1.73 bits per heavy atom. The molecule has 2 aliphatic rings. The summed E-state index contributed by atoms with van der Waals surface area (Å²) in [7, 11) is 0. The average molecular weight is 304 g/mol. The Balaban J connectivity index is 1.53. The minimum atomic E-state index is -0.0263. The maximum Gasteiger partial charge on any atom is 0.239 e. The number of anilines is 1. The SMILES string of the molecule is CC(C(=O)N1CCN(c2ncccn2)CC1)N1CCNCC1. The van der Waals surface area contributed by atoms with Crippen LogP contribution in [0.2, 0.25) is 0 Å². The molecule has 0 bridgehead atoms. The quantitative estimate of drug-likeness (QED) is 0.806. The van der Waals surface area contributed by atoms with Crippen LogP contribution < -0.4 is 10.2 Å². The third kappa shape index (κ3) is 3.36. The van der Waals surface area contributed by atoms with Crippen molar-refractivity contribution in [1.29, 1.82) is 0 Å². The zero-order valence-electron chi connectivity index (χ0n) is 13.1. The molecular formula is C15H24N6O. The summed E-state index contributed by atoms with van der Waals surface area (Å²) in [4.78, 5) is 27.6. The molecule has 120 valence electrons. The second-order valence-corrected chi connectivity index (χ2v) is 5.82. The Morgan fingerprint density at radius 3 is 2.36 bits per heavy atom. The molecule has 2 aliphatic heterocycles. The molecule has 7 heteroatoms. The molecule has 0 radical (unpaired) electrons. The van der Waals surface area contributed by atoms with Crippen LogP contribution in [0.25, 0.3) is 0 Å². The van der Waals surface area contributed by atoms with Crippen LogP contribution in [0.5, 0.6) is 0 Å². The molecular weight excluding hydrogens is 280 g/mol. The first-order valence-electron chi connectivity index (χ1n) is 8.01. The number of hydrogen-bond donors (Lipinski definition) is 1. The van der Waals surface area contributed by atoms with E-state index in [0.717, 1.165) is 58.3 Å². The lowest BCUT2D eigenvalue weighted by atomic mass is 10.2. The molecule has 2 fully saturated rings. The molecule has 1 amide bonds. The highest BCUT2D eigenvalue weighted by molar-refractivity contribution is 5.81. The van der Waals surface area contributed by atoms with E-state index in [0.29, 0.717) is 0 Å². The third-order valence-electron chi connectivity index (χ3n) is 4.48. The summed E-state index contributed by atoms with van der Waals surface area (Å²) in [6.07, 6.45) is 3.51. The maximum atomic E-state index is 12.7. The smallest absolute Gasteiger partial charge is 0.239 e. The van der Waals surface area contributed by atoms with Gasteiger partial charge in [0.15, 0.2) is 0 Å². The van der Waals surface area contributed by atoms with Crippen molar-refractivity contribution >= 4 is 11.9 Å². The van der Waals surface area contributed by atoms with Gasteiger partial charge in [-0.3, -0.25) is 9.69 Å². The number of amides is 1. The first-order valence-corrected chi connectivity index (χ1v) is 8.01. The van der Waals surface area contributed by atoms with E-state index in [9.17, 15) is 4.79 Å². The Hall–Kier alpha value is -1.73. The molecule has 0 saturated carbocycles. The van der Waals surface area contributed by atoms with E-state index in [1.54, 1.807) is 12.4 Å². The number of piperazine rings is 2. The number of carbonyl (C=O) groups excluding carboxylic acids is 1. The lowest BCUT2D eigenvalue weighted by Crippen LogP contribution is -2.57. The zero-order valence-corrected chi connectivity index (χ0v) is 13.1. The van der Waals surface area contributed by atoms with Gasteiger partial charge in [0.1, 0.15) is 0 Å². The van der Waals surface area contributed by atoms with Gasteiger partial charge in [-0.15, -0.1) is 0 Å². The lowest BCUT2D eigenvalue weighted by Gasteiger charge is -2.39. The standard InChI is InChI=1S/C15H24N6O/c1-13(19-7-5-16-6-8-19)14(22)20-9-11-21(12-10-20)15-17-3-2-4-18-15/h2-4,13,16H,5-12H2,1H3. The second kappa shape index (κ2) is 7.02. The van der Waals surface area contributed by atoms with E-state index < -0.39 is 0 Å². The summed E-state index contributed by atoms with van der Waals surface area (Å²) in [6.45, 7) is 8.94. The molecule has 1 atom stereocenters. The average Bonchev–Trinajstić information content (AvgIpc) is 2.62. The summed E-state index contributed by atoms with van der Waals surface area (Å²) in [6, 6.07) is 1.79. The Kier molecular flexibility index (Phi) is 4.84. The molecule has 0 spiro atoms. The van der Waals surface area contributed by atoms with Crippen LogP contribution in [0.1, 0.15) is 6.92 Å². The van der Waals surface area contributed by atoms with Crippen LogP contribution >= 0.6 is 0 Å². The van der Waals surface area contributed by atoms with Crippen LogP contribution in [-0.2, 0) is 4.79 Å². The molecule has 3 heterocycles. The Morgan fingerprint density at radius 1 is 1.09 bits per heavy atom. The van der Waals surface area contributed by atoms with Crippen molar-refractivity contribution in [3.8, 4) is 0 Å². The highest BCUT2D eigenvalue weighted by Crippen LogP contribution is 2.12. The number of aromatic nitrogens is 2. The molecule has 1 aromatic rings. The molecule has 22 heavy (non-hydrogen) atoms. The normalized spacial score (nSPS) is 21.7. The predicted molar refractivity (Wildman–Crippen MR) is 84.7 cm³/mol. The van der Waals surface area contributed by atoms with E-state index in [2.05, 4.69) is 25.1 Å². The minimum absolute atomic E-state index is 0.0263. The van der Waals surface area contributed by atoms with E-state index >= 15 is 0 Å². The summed E-state index contributed by atoms with van der Waals surface area (Å²) in [5.41, 5.74) is 0. The van der Waals surface area contributed by atoms with Gasteiger partial charge in [0.05, 0.1) is 6.04 Å². The number of hydrogen-bond acceptors (Lipinski definition) is 6. The second-order valence-electron chi connectivity index (χ2n) is 5.82. The summed E-state index contributed by atoms with van der Waals surface area (Å²) >= 11 is 0. The van der Waals surface area contributed by atoms with Crippen LogP contribution in [0.3, 0.4) is 0 Å². The van der Waals surface area contributed by atoms with Crippen molar-refractivity contribution in [1.82, 2.24) is 25.1 Å². The fraction of sp³-hybridized carbons (Fsp3) is 0.667.